The number of methoxy groups -OCH3 is 1. The minimum absolute atomic E-state index is 0.197. The number of halogens is 1. The van der Waals surface area contributed by atoms with E-state index in [0.29, 0.717) is 12.2 Å². The third-order valence-corrected chi connectivity index (χ3v) is 7.25. The van der Waals surface area contributed by atoms with Gasteiger partial charge in [0.1, 0.15) is 11.6 Å². The van der Waals surface area contributed by atoms with Gasteiger partial charge in [0.15, 0.2) is 0 Å². The molecule has 1 unspecified atom stereocenters. The summed E-state index contributed by atoms with van der Waals surface area (Å²) in [6, 6.07) is 18.3. The summed E-state index contributed by atoms with van der Waals surface area (Å²) >= 11 is 0. The molecule has 150 valence electrons. The maximum Gasteiger partial charge on any atom is 0.243 e. The summed E-state index contributed by atoms with van der Waals surface area (Å²) in [6.45, 7) is 2.12. The van der Waals surface area contributed by atoms with Crippen molar-refractivity contribution < 1.29 is 17.5 Å². The van der Waals surface area contributed by atoms with Gasteiger partial charge in [-0.2, -0.15) is 4.31 Å². The molecule has 0 aliphatic carbocycles. The van der Waals surface area contributed by atoms with Crippen molar-refractivity contribution in [1.82, 2.24) is 4.31 Å². The average Bonchev–Trinajstić information content (AvgIpc) is 2.73. The first kappa shape index (κ1) is 19.6. The van der Waals surface area contributed by atoms with Crippen LogP contribution in [0.25, 0.3) is 0 Å². The van der Waals surface area contributed by atoms with Gasteiger partial charge in [-0.25, -0.2) is 12.8 Å². The summed E-state index contributed by atoms with van der Waals surface area (Å²) in [5.74, 6) is 0.385. The predicted octanol–water partition coefficient (Wildman–Crippen LogP) is 4.63. The van der Waals surface area contributed by atoms with Crippen molar-refractivity contribution in [2.75, 3.05) is 7.11 Å². The Bertz CT molecular complexity index is 1130. The second-order valence-electron chi connectivity index (χ2n) is 7.27. The topological polar surface area (TPSA) is 46.6 Å². The van der Waals surface area contributed by atoms with Gasteiger partial charge in [0, 0.05) is 6.54 Å². The first-order valence-electron chi connectivity index (χ1n) is 9.38. The van der Waals surface area contributed by atoms with E-state index in [0.717, 1.165) is 22.3 Å². The van der Waals surface area contributed by atoms with Crippen molar-refractivity contribution in [1.29, 1.82) is 0 Å². The average molecular weight is 411 g/mol. The maximum atomic E-state index is 13.8. The molecule has 1 aliphatic rings. The highest BCUT2D eigenvalue weighted by molar-refractivity contribution is 7.89. The minimum atomic E-state index is -3.74. The zero-order chi connectivity index (χ0) is 20.6. The van der Waals surface area contributed by atoms with Gasteiger partial charge in [0.05, 0.1) is 18.0 Å². The van der Waals surface area contributed by atoms with E-state index in [1.165, 1.54) is 16.4 Å². The monoisotopic (exact) mass is 411 g/mol. The summed E-state index contributed by atoms with van der Waals surface area (Å²) < 4.78 is 47.6. The van der Waals surface area contributed by atoms with Crippen LogP contribution in [-0.2, 0) is 23.0 Å². The molecule has 0 N–H and O–H groups in total. The van der Waals surface area contributed by atoms with E-state index in [-0.39, 0.29) is 17.3 Å². The summed E-state index contributed by atoms with van der Waals surface area (Å²) in [5, 5.41) is 0. The molecular weight excluding hydrogens is 389 g/mol. The highest BCUT2D eigenvalue weighted by atomic mass is 32.2. The van der Waals surface area contributed by atoms with Crippen LogP contribution in [0.2, 0.25) is 0 Å². The van der Waals surface area contributed by atoms with Crippen LogP contribution in [-0.4, -0.2) is 19.8 Å². The molecular formula is C23H22FNO3S. The number of aryl methyl sites for hydroxylation is 1. The van der Waals surface area contributed by atoms with Crippen LogP contribution in [0.1, 0.15) is 28.3 Å². The van der Waals surface area contributed by atoms with Gasteiger partial charge in [0.25, 0.3) is 0 Å². The number of hydrogen-bond donors (Lipinski definition) is 0. The molecule has 0 saturated heterocycles. The standard InChI is InChI=1S/C23H22FNO3S/c1-16-3-11-22(12-4-16)29(26,27)25-15-18-5-8-20(24)13-19(18)14-23(25)17-6-9-21(28-2)10-7-17/h3-13,23H,14-15H2,1-2H3. The van der Waals surface area contributed by atoms with Crippen LogP contribution in [0.5, 0.6) is 5.75 Å². The van der Waals surface area contributed by atoms with Crippen LogP contribution < -0.4 is 4.74 Å². The number of hydrogen-bond acceptors (Lipinski definition) is 3. The summed E-state index contributed by atoms with van der Waals surface area (Å²) in [7, 11) is -2.15. The Kier molecular flexibility index (Phi) is 5.15. The van der Waals surface area contributed by atoms with Gasteiger partial charge >= 0.3 is 0 Å². The van der Waals surface area contributed by atoms with Crippen LogP contribution in [0.15, 0.2) is 71.6 Å². The normalized spacial score (nSPS) is 17.0. The Labute approximate surface area is 170 Å². The molecule has 1 heterocycles. The summed E-state index contributed by atoms with van der Waals surface area (Å²) in [5.41, 5.74) is 3.50. The van der Waals surface area contributed by atoms with Crippen LogP contribution in [0, 0.1) is 12.7 Å². The fourth-order valence-corrected chi connectivity index (χ4v) is 5.33. The zero-order valence-electron chi connectivity index (χ0n) is 16.3. The lowest BCUT2D eigenvalue weighted by molar-refractivity contribution is 0.295. The van der Waals surface area contributed by atoms with Crippen molar-refractivity contribution in [3.63, 3.8) is 0 Å². The largest absolute Gasteiger partial charge is 0.497 e. The number of nitrogens with zero attached hydrogens (tertiary/aromatic N) is 1. The number of ether oxygens (including phenoxy) is 1. The second kappa shape index (κ2) is 7.61. The van der Waals surface area contributed by atoms with Crippen LogP contribution in [0.3, 0.4) is 0 Å². The summed E-state index contributed by atoms with van der Waals surface area (Å²) in [6.07, 6.45) is 0.407. The second-order valence-corrected chi connectivity index (χ2v) is 9.16. The van der Waals surface area contributed by atoms with E-state index < -0.39 is 16.1 Å². The van der Waals surface area contributed by atoms with Crippen molar-refractivity contribution in [3.05, 3.63) is 94.8 Å². The van der Waals surface area contributed by atoms with E-state index in [4.69, 9.17) is 4.74 Å². The van der Waals surface area contributed by atoms with Crippen molar-refractivity contribution in [3.8, 4) is 5.75 Å². The molecule has 6 heteroatoms. The third-order valence-electron chi connectivity index (χ3n) is 5.38. The lowest BCUT2D eigenvalue weighted by atomic mass is 9.91. The van der Waals surface area contributed by atoms with Crippen LogP contribution in [0.4, 0.5) is 4.39 Å². The molecule has 0 fully saturated rings. The Morgan fingerprint density at radius 1 is 0.966 bits per heavy atom. The Balaban J connectivity index is 1.81. The van der Waals surface area contributed by atoms with Crippen molar-refractivity contribution in [2.45, 2.75) is 30.8 Å². The Morgan fingerprint density at radius 3 is 2.31 bits per heavy atom. The molecule has 1 atom stereocenters. The van der Waals surface area contributed by atoms with Gasteiger partial charge in [0.2, 0.25) is 10.0 Å². The molecule has 0 bridgehead atoms. The fourth-order valence-electron chi connectivity index (χ4n) is 3.74. The fraction of sp³-hybridized carbons (Fsp3) is 0.217. The zero-order valence-corrected chi connectivity index (χ0v) is 17.1. The third kappa shape index (κ3) is 3.78. The minimum Gasteiger partial charge on any atom is -0.497 e. The van der Waals surface area contributed by atoms with E-state index in [2.05, 4.69) is 0 Å². The molecule has 4 nitrogen and oxygen atoms in total. The number of fused-ring (bicyclic) bond motifs is 1. The van der Waals surface area contributed by atoms with Gasteiger partial charge in [-0.15, -0.1) is 0 Å². The quantitative estimate of drug-likeness (QED) is 0.629. The van der Waals surface area contributed by atoms with Crippen LogP contribution >= 0.6 is 0 Å². The molecule has 3 aromatic carbocycles. The van der Waals surface area contributed by atoms with Gasteiger partial charge in [-0.05, 0) is 66.4 Å². The molecule has 0 aromatic heterocycles. The van der Waals surface area contributed by atoms with Gasteiger partial charge < -0.3 is 4.74 Å². The maximum absolute atomic E-state index is 13.8. The molecule has 0 amide bonds. The van der Waals surface area contributed by atoms with E-state index >= 15 is 0 Å². The van der Waals surface area contributed by atoms with E-state index in [1.807, 2.05) is 31.2 Å². The number of benzene rings is 3. The number of sulfonamides is 1. The predicted molar refractivity (Wildman–Crippen MR) is 110 cm³/mol. The molecule has 4 rings (SSSR count). The summed E-state index contributed by atoms with van der Waals surface area (Å²) in [4.78, 5) is 0.257. The smallest absolute Gasteiger partial charge is 0.243 e. The first-order chi connectivity index (χ1) is 13.9. The van der Waals surface area contributed by atoms with Crippen molar-refractivity contribution >= 4 is 10.0 Å². The SMILES string of the molecule is COc1ccc(C2Cc3cc(F)ccc3CN2S(=O)(=O)c2ccc(C)cc2)cc1. The van der Waals surface area contributed by atoms with Crippen molar-refractivity contribution in [2.24, 2.45) is 0 Å². The lowest BCUT2D eigenvalue weighted by Gasteiger charge is -2.36. The lowest BCUT2D eigenvalue weighted by Crippen LogP contribution is -2.39. The Hall–Kier alpha value is -2.70. The van der Waals surface area contributed by atoms with E-state index in [1.54, 1.807) is 37.4 Å². The molecule has 0 spiro atoms. The number of rotatable bonds is 4. The Morgan fingerprint density at radius 2 is 1.66 bits per heavy atom. The molecule has 0 saturated carbocycles. The highest BCUT2D eigenvalue weighted by Crippen LogP contribution is 2.38. The molecule has 1 aliphatic heterocycles. The van der Waals surface area contributed by atoms with Gasteiger partial charge in [-0.1, -0.05) is 35.9 Å². The molecule has 29 heavy (non-hydrogen) atoms. The van der Waals surface area contributed by atoms with E-state index in [9.17, 15) is 12.8 Å². The van der Waals surface area contributed by atoms with Gasteiger partial charge in [-0.3, -0.25) is 0 Å². The first-order valence-corrected chi connectivity index (χ1v) is 10.8. The molecule has 0 radical (unpaired) electrons. The molecule has 3 aromatic rings. The highest BCUT2D eigenvalue weighted by Gasteiger charge is 2.36.